The topological polar surface area (TPSA) is 117 Å². The third-order valence-corrected chi connectivity index (χ3v) is 3.14. The lowest BCUT2D eigenvalue weighted by Crippen LogP contribution is -2.32. The summed E-state index contributed by atoms with van der Waals surface area (Å²) in [6.07, 6.45) is -3.33. The Morgan fingerprint density at radius 3 is 2.76 bits per heavy atom. The highest BCUT2D eigenvalue weighted by atomic mass is 19.4. The minimum absolute atomic E-state index is 0.00817. The Bertz CT molecular complexity index is 831. The number of nitriles is 1. The number of halogens is 3. The normalized spacial score (nSPS) is 12.1. The monoisotopic (exact) mass is 350 g/mol. The Kier molecular flexibility index (Phi) is 5.07. The average molecular weight is 350 g/mol. The van der Waals surface area contributed by atoms with Gasteiger partial charge < -0.3 is 16.4 Å². The van der Waals surface area contributed by atoms with E-state index < -0.39 is 23.7 Å². The molecule has 10 heteroatoms. The Labute approximate surface area is 140 Å². The first-order valence-electron chi connectivity index (χ1n) is 6.98. The summed E-state index contributed by atoms with van der Waals surface area (Å²) in [4.78, 5) is 19.6. The number of nitrogens with one attached hydrogen (secondary N) is 2. The van der Waals surface area contributed by atoms with Gasteiger partial charge in [-0.3, -0.25) is 4.79 Å². The fourth-order valence-electron chi connectivity index (χ4n) is 1.90. The van der Waals surface area contributed by atoms with Gasteiger partial charge in [-0.05, 0) is 25.1 Å². The van der Waals surface area contributed by atoms with Crippen LogP contribution in [0, 0.1) is 11.3 Å². The fraction of sp³-hybridized carbons (Fsp3) is 0.200. The number of anilines is 3. The maximum Gasteiger partial charge on any atom is 0.416 e. The molecule has 2 rings (SSSR count). The van der Waals surface area contributed by atoms with Crippen LogP contribution in [-0.4, -0.2) is 21.9 Å². The van der Waals surface area contributed by atoms with Crippen LogP contribution < -0.4 is 16.4 Å². The van der Waals surface area contributed by atoms with E-state index in [1.807, 2.05) is 0 Å². The summed E-state index contributed by atoms with van der Waals surface area (Å²) in [6, 6.07) is 5.36. The Morgan fingerprint density at radius 1 is 1.40 bits per heavy atom. The highest BCUT2D eigenvalue weighted by Gasteiger charge is 2.30. The first kappa shape index (κ1) is 18.0. The van der Waals surface area contributed by atoms with Gasteiger partial charge >= 0.3 is 6.18 Å². The van der Waals surface area contributed by atoms with Gasteiger partial charge in [0.1, 0.15) is 17.7 Å². The number of carbonyl (C=O) groups is 1. The van der Waals surface area contributed by atoms with Crippen molar-refractivity contribution in [3.63, 3.8) is 0 Å². The van der Waals surface area contributed by atoms with E-state index in [4.69, 9.17) is 11.0 Å². The Morgan fingerprint density at radius 2 is 2.12 bits per heavy atom. The molecular formula is C15H13F3N6O. The molecule has 0 radical (unpaired) electrons. The molecule has 0 aliphatic carbocycles. The molecule has 0 aliphatic rings. The first-order chi connectivity index (χ1) is 11.7. The minimum atomic E-state index is -4.48. The number of rotatable bonds is 4. The van der Waals surface area contributed by atoms with Crippen LogP contribution in [0.5, 0.6) is 0 Å². The second-order valence-corrected chi connectivity index (χ2v) is 5.04. The number of hydrogen-bond donors (Lipinski definition) is 3. The molecule has 1 heterocycles. The molecule has 0 unspecified atom stereocenters. The number of hydrogen-bond acceptors (Lipinski definition) is 6. The molecule has 0 spiro atoms. The van der Waals surface area contributed by atoms with E-state index in [0.717, 1.165) is 18.3 Å². The van der Waals surface area contributed by atoms with Crippen LogP contribution in [0.15, 0.2) is 30.5 Å². The number of aromatic nitrogens is 2. The number of amides is 1. The van der Waals surface area contributed by atoms with Crippen LogP contribution in [0.1, 0.15) is 18.1 Å². The second-order valence-electron chi connectivity index (χ2n) is 5.04. The maximum absolute atomic E-state index is 12.7. The van der Waals surface area contributed by atoms with Gasteiger partial charge in [0.15, 0.2) is 5.82 Å². The third kappa shape index (κ3) is 4.57. The maximum atomic E-state index is 12.7. The van der Waals surface area contributed by atoms with Crippen molar-refractivity contribution in [2.45, 2.75) is 19.1 Å². The van der Waals surface area contributed by atoms with E-state index in [-0.39, 0.29) is 23.0 Å². The van der Waals surface area contributed by atoms with Crippen molar-refractivity contribution in [2.24, 2.45) is 0 Å². The number of benzene rings is 1. The van der Waals surface area contributed by atoms with E-state index >= 15 is 0 Å². The lowest BCUT2D eigenvalue weighted by atomic mass is 10.2. The molecule has 130 valence electrons. The van der Waals surface area contributed by atoms with Gasteiger partial charge in [0, 0.05) is 5.69 Å². The Balaban J connectivity index is 2.12. The fourth-order valence-corrected chi connectivity index (χ4v) is 1.90. The van der Waals surface area contributed by atoms with Crippen molar-refractivity contribution in [3.05, 3.63) is 41.6 Å². The van der Waals surface area contributed by atoms with Gasteiger partial charge in [0.25, 0.3) is 0 Å². The first-order valence-corrected chi connectivity index (χ1v) is 6.98. The number of nitrogens with two attached hydrogens (primary N) is 1. The molecule has 4 N–H and O–H groups in total. The average Bonchev–Trinajstić information content (AvgIpc) is 2.54. The molecular weight excluding hydrogens is 337 g/mol. The molecule has 0 bridgehead atoms. The van der Waals surface area contributed by atoms with Crippen LogP contribution in [0.3, 0.4) is 0 Å². The second kappa shape index (κ2) is 7.04. The lowest BCUT2D eigenvalue weighted by Gasteiger charge is -2.16. The van der Waals surface area contributed by atoms with Gasteiger partial charge in [-0.15, -0.1) is 0 Å². The summed E-state index contributed by atoms with van der Waals surface area (Å²) < 4.78 is 38.1. The quantitative estimate of drug-likeness (QED) is 0.779. The molecule has 2 aromatic rings. The zero-order valence-corrected chi connectivity index (χ0v) is 12.9. The lowest BCUT2D eigenvalue weighted by molar-refractivity contribution is -0.137. The highest BCUT2D eigenvalue weighted by molar-refractivity contribution is 5.96. The summed E-state index contributed by atoms with van der Waals surface area (Å²) in [5.41, 5.74) is 4.71. The Hall–Kier alpha value is -3.35. The van der Waals surface area contributed by atoms with Crippen LogP contribution in [0.4, 0.5) is 30.6 Å². The van der Waals surface area contributed by atoms with Crippen molar-refractivity contribution in [1.29, 1.82) is 5.26 Å². The molecule has 0 saturated heterocycles. The molecule has 1 aromatic heterocycles. The highest BCUT2D eigenvalue weighted by Crippen LogP contribution is 2.30. The largest absolute Gasteiger partial charge is 0.416 e. The number of nitrogens with zero attached hydrogens (tertiary/aromatic N) is 3. The number of alkyl halides is 3. The molecule has 7 nitrogen and oxygen atoms in total. The van der Waals surface area contributed by atoms with Gasteiger partial charge in [-0.2, -0.15) is 23.4 Å². The summed E-state index contributed by atoms with van der Waals surface area (Å²) in [5.74, 6) is -0.808. The third-order valence-electron chi connectivity index (χ3n) is 3.14. The molecule has 0 aliphatic heterocycles. The van der Waals surface area contributed by atoms with Crippen molar-refractivity contribution in [3.8, 4) is 6.07 Å². The van der Waals surface area contributed by atoms with Crippen molar-refractivity contribution in [2.75, 3.05) is 16.4 Å². The summed E-state index contributed by atoms with van der Waals surface area (Å²) in [6.45, 7) is 1.45. The summed E-state index contributed by atoms with van der Waals surface area (Å²) in [7, 11) is 0. The van der Waals surface area contributed by atoms with Gasteiger partial charge in [-0.25, -0.2) is 4.98 Å². The zero-order valence-electron chi connectivity index (χ0n) is 12.9. The predicted octanol–water partition coefficient (Wildman–Crippen LogP) is 2.39. The smallest absolute Gasteiger partial charge is 0.374 e. The number of nitrogen functional groups attached to an aromatic ring is 1. The summed E-state index contributed by atoms with van der Waals surface area (Å²) >= 11 is 0. The molecule has 1 aromatic carbocycles. The molecule has 1 atom stereocenters. The van der Waals surface area contributed by atoms with Gasteiger partial charge in [0.05, 0.1) is 11.8 Å². The van der Waals surface area contributed by atoms with Crippen LogP contribution in [-0.2, 0) is 11.0 Å². The van der Waals surface area contributed by atoms with E-state index in [9.17, 15) is 18.0 Å². The zero-order chi connectivity index (χ0) is 18.6. The van der Waals surface area contributed by atoms with Crippen molar-refractivity contribution < 1.29 is 18.0 Å². The van der Waals surface area contributed by atoms with E-state index in [2.05, 4.69) is 20.6 Å². The van der Waals surface area contributed by atoms with Crippen LogP contribution >= 0.6 is 0 Å². The predicted molar refractivity (Wildman–Crippen MR) is 84.3 cm³/mol. The van der Waals surface area contributed by atoms with E-state index in [0.29, 0.717) is 0 Å². The molecule has 0 saturated carbocycles. The minimum Gasteiger partial charge on any atom is -0.374 e. The molecule has 1 amide bonds. The van der Waals surface area contributed by atoms with Crippen molar-refractivity contribution >= 4 is 23.4 Å². The molecule has 0 fully saturated rings. The van der Waals surface area contributed by atoms with E-state index in [1.54, 1.807) is 6.07 Å². The van der Waals surface area contributed by atoms with Crippen molar-refractivity contribution in [1.82, 2.24) is 9.97 Å². The summed E-state index contributed by atoms with van der Waals surface area (Å²) in [5, 5.41) is 14.0. The molecule has 25 heavy (non-hydrogen) atoms. The standard InChI is InChI=1S/C15H13F3N6O/c1-8(22-11-4-2-3-10(5-11)15(16,17)18)13(25)23-12-9(6-19)7-21-14(20)24-12/h2-5,7-8,22H,1H3,(H3,20,21,23,24,25)/t8-/m0/s1. The van der Waals surface area contributed by atoms with Gasteiger partial charge in [-0.1, -0.05) is 6.07 Å². The van der Waals surface area contributed by atoms with Crippen LogP contribution in [0.2, 0.25) is 0 Å². The van der Waals surface area contributed by atoms with Crippen LogP contribution in [0.25, 0.3) is 0 Å². The van der Waals surface area contributed by atoms with E-state index in [1.165, 1.54) is 19.1 Å². The number of carbonyl (C=O) groups excluding carboxylic acids is 1. The van der Waals surface area contributed by atoms with Gasteiger partial charge in [0.2, 0.25) is 11.9 Å². The SMILES string of the molecule is C[C@H](Nc1cccc(C(F)(F)F)c1)C(=O)Nc1nc(N)ncc1C#N.